The fourth-order valence-corrected chi connectivity index (χ4v) is 0.315. The van der Waals surface area contributed by atoms with Gasteiger partial charge in [0, 0.05) is 11.1 Å². The van der Waals surface area contributed by atoms with Crippen molar-refractivity contribution in [2.24, 2.45) is 0 Å². The molecule has 49 valence electrons. The van der Waals surface area contributed by atoms with Crippen LogP contribution in [0.4, 0.5) is 0 Å². The van der Waals surface area contributed by atoms with Crippen molar-refractivity contribution in [3.8, 4) is 0 Å². The van der Waals surface area contributed by atoms with Gasteiger partial charge in [0.25, 0.3) is 5.91 Å². The number of allylic oxidation sites excluding steroid dienone is 3. The highest BCUT2D eigenvalue weighted by Gasteiger charge is 1.84. The number of nitrogens with one attached hydrogen (secondary N) is 1. The van der Waals surface area contributed by atoms with Gasteiger partial charge in [0.15, 0.2) is 0 Å². The van der Waals surface area contributed by atoms with Crippen LogP contribution in [0.25, 0.3) is 0 Å². The van der Waals surface area contributed by atoms with Crippen molar-refractivity contribution in [1.82, 2.24) is 5.73 Å². The highest BCUT2D eigenvalue weighted by Crippen LogP contribution is 2.00. The van der Waals surface area contributed by atoms with Crippen LogP contribution < -0.4 is 5.73 Å². The standard InChI is InChI=1S/C6H7ClNO/c1-2-5(7)3-4-6(8)9/h2-4,8H,1H3. The minimum atomic E-state index is -0.741. The zero-order valence-corrected chi connectivity index (χ0v) is 5.77. The third-order valence-corrected chi connectivity index (χ3v) is 1.01. The first-order valence-electron chi connectivity index (χ1n) is 2.42. The Morgan fingerprint density at radius 3 is 2.44 bits per heavy atom. The lowest BCUT2D eigenvalue weighted by Crippen LogP contribution is -1.88. The maximum absolute atomic E-state index is 9.96. The molecule has 0 aromatic rings. The van der Waals surface area contributed by atoms with Gasteiger partial charge in [0.2, 0.25) is 0 Å². The molecule has 0 heterocycles. The van der Waals surface area contributed by atoms with Crippen LogP contribution in [0.3, 0.4) is 0 Å². The summed E-state index contributed by atoms with van der Waals surface area (Å²) in [6.45, 7) is 1.75. The molecule has 2 nitrogen and oxygen atoms in total. The van der Waals surface area contributed by atoms with E-state index in [0.717, 1.165) is 6.08 Å². The van der Waals surface area contributed by atoms with E-state index in [1.807, 2.05) is 0 Å². The Hall–Kier alpha value is -0.760. The highest BCUT2D eigenvalue weighted by molar-refractivity contribution is 6.31. The lowest BCUT2D eigenvalue weighted by Gasteiger charge is -1.80. The summed E-state index contributed by atoms with van der Waals surface area (Å²) in [5.74, 6) is -0.741. The zero-order chi connectivity index (χ0) is 7.28. The summed E-state index contributed by atoms with van der Waals surface area (Å²) in [5, 5.41) is 0.468. The number of rotatable bonds is 2. The second-order valence-electron chi connectivity index (χ2n) is 1.37. The van der Waals surface area contributed by atoms with E-state index in [9.17, 15) is 4.79 Å². The molecule has 0 atom stereocenters. The molecule has 1 N–H and O–H groups in total. The Morgan fingerprint density at radius 2 is 2.11 bits per heavy atom. The van der Waals surface area contributed by atoms with Crippen LogP contribution >= 0.6 is 11.6 Å². The minimum absolute atomic E-state index is 0.468. The van der Waals surface area contributed by atoms with Gasteiger partial charge < -0.3 is 0 Å². The molecule has 1 radical (unpaired) electrons. The molecule has 0 aromatic heterocycles. The molecule has 9 heavy (non-hydrogen) atoms. The van der Waals surface area contributed by atoms with Crippen molar-refractivity contribution >= 4 is 17.5 Å². The van der Waals surface area contributed by atoms with Crippen LogP contribution in [0.2, 0.25) is 0 Å². The molecule has 3 heteroatoms. The van der Waals surface area contributed by atoms with Gasteiger partial charge in [-0.05, 0) is 13.0 Å². The molecule has 0 aliphatic rings. The Morgan fingerprint density at radius 1 is 1.56 bits per heavy atom. The van der Waals surface area contributed by atoms with Gasteiger partial charge in [-0.1, -0.05) is 17.7 Å². The van der Waals surface area contributed by atoms with E-state index in [2.05, 4.69) is 0 Å². The Balaban J connectivity index is 3.86. The average molecular weight is 145 g/mol. The van der Waals surface area contributed by atoms with Crippen LogP contribution in [0.5, 0.6) is 0 Å². The molecule has 0 rings (SSSR count). The van der Waals surface area contributed by atoms with Gasteiger partial charge in [-0.25, -0.2) is 0 Å². The quantitative estimate of drug-likeness (QED) is 0.428. The maximum Gasteiger partial charge on any atom is 0.262 e. The smallest absolute Gasteiger partial charge is 0.262 e. The van der Waals surface area contributed by atoms with Gasteiger partial charge in [-0.15, -0.1) is 0 Å². The van der Waals surface area contributed by atoms with E-state index in [1.54, 1.807) is 13.0 Å². The fourth-order valence-electron chi connectivity index (χ4n) is 0.252. The third-order valence-electron chi connectivity index (χ3n) is 0.670. The van der Waals surface area contributed by atoms with Gasteiger partial charge >= 0.3 is 0 Å². The van der Waals surface area contributed by atoms with E-state index in [4.69, 9.17) is 17.3 Å². The molecule has 0 aliphatic carbocycles. The minimum Gasteiger partial charge on any atom is -0.268 e. The van der Waals surface area contributed by atoms with Gasteiger partial charge in [-0.3, -0.25) is 10.5 Å². The highest BCUT2D eigenvalue weighted by atomic mass is 35.5. The summed E-state index contributed by atoms with van der Waals surface area (Å²) >= 11 is 5.45. The first kappa shape index (κ1) is 8.24. The number of carbonyl (C=O) groups excluding carboxylic acids is 1. The van der Waals surface area contributed by atoms with E-state index < -0.39 is 5.91 Å². The number of halogens is 1. The SMILES string of the molecule is CC=C(Cl)C=CC([NH])=O. The second kappa shape index (κ2) is 4.15. The summed E-state index contributed by atoms with van der Waals surface area (Å²) in [4.78, 5) is 9.96. The van der Waals surface area contributed by atoms with Crippen LogP contribution in [-0.2, 0) is 4.79 Å². The number of carbonyl (C=O) groups is 1. The van der Waals surface area contributed by atoms with Crippen molar-refractivity contribution in [1.29, 1.82) is 0 Å². The monoisotopic (exact) mass is 144 g/mol. The van der Waals surface area contributed by atoms with Crippen molar-refractivity contribution in [2.75, 3.05) is 0 Å². The first-order valence-corrected chi connectivity index (χ1v) is 2.80. The van der Waals surface area contributed by atoms with Crippen LogP contribution in [0.1, 0.15) is 6.92 Å². The number of hydrogen-bond donors (Lipinski definition) is 0. The summed E-state index contributed by atoms with van der Waals surface area (Å²) in [6.07, 6.45) is 4.13. The molecular weight excluding hydrogens is 138 g/mol. The number of amides is 1. The Labute approximate surface area is 59.0 Å². The van der Waals surface area contributed by atoms with Crippen LogP contribution in [0.15, 0.2) is 23.3 Å². The molecule has 0 saturated carbocycles. The molecule has 0 bridgehead atoms. The maximum atomic E-state index is 9.96. The topological polar surface area (TPSA) is 40.9 Å². The molecule has 0 aliphatic heterocycles. The normalized spacial score (nSPS) is 12.4. The molecule has 0 unspecified atom stereocenters. The molecule has 0 aromatic carbocycles. The van der Waals surface area contributed by atoms with Crippen molar-refractivity contribution < 1.29 is 4.79 Å². The predicted molar refractivity (Wildman–Crippen MR) is 36.9 cm³/mol. The largest absolute Gasteiger partial charge is 0.268 e. The summed E-state index contributed by atoms with van der Waals surface area (Å²) in [7, 11) is 0. The lowest BCUT2D eigenvalue weighted by molar-refractivity contribution is -0.114. The molecule has 0 spiro atoms. The van der Waals surface area contributed by atoms with Crippen molar-refractivity contribution in [2.45, 2.75) is 6.92 Å². The summed E-state index contributed by atoms with van der Waals surface area (Å²) < 4.78 is 0. The van der Waals surface area contributed by atoms with Crippen LogP contribution in [-0.4, -0.2) is 5.91 Å². The van der Waals surface area contributed by atoms with Gasteiger partial charge in [0.1, 0.15) is 0 Å². The summed E-state index contributed by atoms with van der Waals surface area (Å²) in [6, 6.07) is 0. The van der Waals surface area contributed by atoms with Crippen molar-refractivity contribution in [3.05, 3.63) is 23.3 Å². The Bertz CT molecular complexity index is 160. The molecule has 1 amide bonds. The fraction of sp³-hybridized carbons (Fsp3) is 0.167. The first-order chi connectivity index (χ1) is 4.16. The second-order valence-corrected chi connectivity index (χ2v) is 1.81. The predicted octanol–water partition coefficient (Wildman–Crippen LogP) is 1.49. The van der Waals surface area contributed by atoms with Crippen molar-refractivity contribution in [3.63, 3.8) is 0 Å². The van der Waals surface area contributed by atoms with E-state index >= 15 is 0 Å². The molecule has 0 fully saturated rings. The van der Waals surface area contributed by atoms with E-state index in [0.29, 0.717) is 5.03 Å². The molecule has 0 saturated heterocycles. The number of hydrogen-bond acceptors (Lipinski definition) is 1. The van der Waals surface area contributed by atoms with Gasteiger partial charge in [-0.2, -0.15) is 0 Å². The van der Waals surface area contributed by atoms with E-state index in [1.165, 1.54) is 6.08 Å². The third kappa shape index (κ3) is 5.11. The average Bonchev–Trinajstić information content (AvgIpc) is 1.83. The lowest BCUT2D eigenvalue weighted by atomic mass is 10.4. The zero-order valence-electron chi connectivity index (χ0n) is 5.02. The van der Waals surface area contributed by atoms with Gasteiger partial charge in [0.05, 0.1) is 0 Å². The van der Waals surface area contributed by atoms with E-state index in [-0.39, 0.29) is 0 Å². The van der Waals surface area contributed by atoms with Crippen LogP contribution in [0, 0.1) is 0 Å². The Kier molecular flexibility index (Phi) is 3.80. The molecular formula is C6H7ClNO. The summed E-state index contributed by atoms with van der Waals surface area (Å²) in [5.41, 5.74) is 6.43.